The third-order valence-electron chi connectivity index (χ3n) is 6.45. The zero-order valence-electron chi connectivity index (χ0n) is 18.0. The maximum atomic E-state index is 13.1. The molecular weight excluding hydrogens is 366 g/mol. The van der Waals surface area contributed by atoms with E-state index in [-0.39, 0.29) is 23.9 Å². The van der Waals surface area contributed by atoms with Crippen LogP contribution in [0.5, 0.6) is 5.75 Å². The lowest BCUT2D eigenvalue weighted by Crippen LogP contribution is -2.58. The summed E-state index contributed by atoms with van der Waals surface area (Å²) in [6.45, 7) is 6.97. The van der Waals surface area contributed by atoms with E-state index in [1.807, 2.05) is 29.2 Å². The summed E-state index contributed by atoms with van der Waals surface area (Å²) in [6.07, 6.45) is 5.63. The standard InChI is InChI=1S/C23H35N3O3/c1-4-17(2)24-22(27)21(18-7-5-6-8-18)25-13-15-26(16-14-25)23(28)19-9-11-20(29-3)12-10-19/h9-12,17-18,21H,4-8,13-16H2,1-3H3,(H,24,27)/t17-,21+/m0/s1. The fourth-order valence-electron chi connectivity index (χ4n) is 4.50. The van der Waals surface area contributed by atoms with Crippen LogP contribution in [0.25, 0.3) is 0 Å². The maximum absolute atomic E-state index is 13.1. The van der Waals surface area contributed by atoms with Crippen molar-refractivity contribution in [2.45, 2.75) is 58.0 Å². The Labute approximate surface area is 174 Å². The molecule has 0 spiro atoms. The second kappa shape index (κ2) is 10.1. The van der Waals surface area contributed by atoms with Crippen LogP contribution in [0.3, 0.4) is 0 Å². The first-order chi connectivity index (χ1) is 14.0. The van der Waals surface area contributed by atoms with E-state index in [0.717, 1.165) is 38.1 Å². The first-order valence-electron chi connectivity index (χ1n) is 11.0. The Hall–Kier alpha value is -2.08. The van der Waals surface area contributed by atoms with E-state index >= 15 is 0 Å². The molecule has 1 heterocycles. The van der Waals surface area contributed by atoms with Crippen LogP contribution in [0.2, 0.25) is 0 Å². The number of rotatable bonds is 7. The van der Waals surface area contributed by atoms with Crippen LogP contribution in [0.4, 0.5) is 0 Å². The Kier molecular flexibility index (Phi) is 7.53. The van der Waals surface area contributed by atoms with E-state index in [0.29, 0.717) is 24.6 Å². The number of ether oxygens (including phenoxy) is 1. The smallest absolute Gasteiger partial charge is 0.253 e. The van der Waals surface area contributed by atoms with Crippen molar-refractivity contribution in [3.8, 4) is 5.75 Å². The van der Waals surface area contributed by atoms with Gasteiger partial charge in [-0.05, 0) is 56.4 Å². The van der Waals surface area contributed by atoms with Gasteiger partial charge in [0.25, 0.3) is 5.91 Å². The van der Waals surface area contributed by atoms with Gasteiger partial charge in [-0.2, -0.15) is 0 Å². The summed E-state index contributed by atoms with van der Waals surface area (Å²) in [7, 11) is 1.62. The van der Waals surface area contributed by atoms with Crippen LogP contribution in [0, 0.1) is 5.92 Å². The number of hydrogen-bond donors (Lipinski definition) is 1. The quantitative estimate of drug-likeness (QED) is 0.763. The Bertz CT molecular complexity index is 677. The van der Waals surface area contributed by atoms with Gasteiger partial charge in [0.1, 0.15) is 5.75 Å². The molecule has 1 saturated carbocycles. The Balaban J connectivity index is 1.62. The predicted octanol–water partition coefficient (Wildman–Crippen LogP) is 2.93. The number of benzene rings is 1. The van der Waals surface area contributed by atoms with Crippen molar-refractivity contribution < 1.29 is 14.3 Å². The SMILES string of the molecule is CC[C@H](C)NC(=O)[C@@H](C1CCCC1)N1CCN(C(=O)c2ccc(OC)cc2)CC1. The minimum absolute atomic E-state index is 0.0498. The number of amides is 2. The van der Waals surface area contributed by atoms with Gasteiger partial charge < -0.3 is 15.0 Å². The molecule has 1 N–H and O–H groups in total. The molecule has 2 atom stereocenters. The van der Waals surface area contributed by atoms with Gasteiger partial charge in [0, 0.05) is 37.8 Å². The predicted molar refractivity (Wildman–Crippen MR) is 114 cm³/mol. The van der Waals surface area contributed by atoms with Gasteiger partial charge in [0.05, 0.1) is 13.2 Å². The second-order valence-electron chi connectivity index (χ2n) is 8.36. The van der Waals surface area contributed by atoms with Gasteiger partial charge in [-0.15, -0.1) is 0 Å². The number of nitrogens with one attached hydrogen (secondary N) is 1. The van der Waals surface area contributed by atoms with Crippen LogP contribution in [-0.4, -0.2) is 67.0 Å². The van der Waals surface area contributed by atoms with E-state index in [1.54, 1.807) is 7.11 Å². The summed E-state index contributed by atoms with van der Waals surface area (Å²) in [5.74, 6) is 1.40. The minimum atomic E-state index is -0.0651. The third kappa shape index (κ3) is 5.30. The summed E-state index contributed by atoms with van der Waals surface area (Å²) in [5, 5.41) is 3.20. The fourth-order valence-corrected chi connectivity index (χ4v) is 4.50. The average Bonchev–Trinajstić information content (AvgIpc) is 3.28. The molecule has 2 amide bonds. The Morgan fingerprint density at radius 3 is 2.28 bits per heavy atom. The van der Waals surface area contributed by atoms with Crippen molar-refractivity contribution in [3.63, 3.8) is 0 Å². The van der Waals surface area contributed by atoms with Crippen LogP contribution in [-0.2, 0) is 4.79 Å². The molecule has 29 heavy (non-hydrogen) atoms. The number of carbonyl (C=O) groups excluding carboxylic acids is 2. The van der Waals surface area contributed by atoms with Gasteiger partial charge in [-0.3, -0.25) is 14.5 Å². The zero-order valence-corrected chi connectivity index (χ0v) is 18.0. The van der Waals surface area contributed by atoms with Gasteiger partial charge >= 0.3 is 0 Å². The summed E-state index contributed by atoms with van der Waals surface area (Å²) in [6, 6.07) is 7.40. The maximum Gasteiger partial charge on any atom is 0.253 e. The Morgan fingerprint density at radius 1 is 1.10 bits per heavy atom. The molecular formula is C23H35N3O3. The first-order valence-corrected chi connectivity index (χ1v) is 11.0. The van der Waals surface area contributed by atoms with Gasteiger partial charge in [-0.25, -0.2) is 0 Å². The number of carbonyl (C=O) groups is 2. The second-order valence-corrected chi connectivity index (χ2v) is 8.36. The monoisotopic (exact) mass is 401 g/mol. The zero-order chi connectivity index (χ0) is 20.8. The van der Waals surface area contributed by atoms with Crippen molar-refractivity contribution in [1.29, 1.82) is 0 Å². The molecule has 1 aliphatic carbocycles. The first kappa shape index (κ1) is 21.6. The van der Waals surface area contributed by atoms with Crippen molar-refractivity contribution in [1.82, 2.24) is 15.1 Å². The van der Waals surface area contributed by atoms with Gasteiger partial charge in [0.2, 0.25) is 5.91 Å². The van der Waals surface area contributed by atoms with Gasteiger partial charge in [-0.1, -0.05) is 19.8 Å². The molecule has 6 nitrogen and oxygen atoms in total. The molecule has 1 aromatic carbocycles. The largest absolute Gasteiger partial charge is 0.497 e. The van der Waals surface area contributed by atoms with Crippen LogP contribution in [0.1, 0.15) is 56.3 Å². The molecule has 6 heteroatoms. The van der Waals surface area contributed by atoms with Crippen LogP contribution in [0.15, 0.2) is 24.3 Å². The normalized spacial score (nSPS) is 20.3. The number of methoxy groups -OCH3 is 1. The van der Waals surface area contributed by atoms with Crippen molar-refractivity contribution in [2.24, 2.45) is 5.92 Å². The summed E-state index contributed by atoms with van der Waals surface area (Å²) >= 11 is 0. The van der Waals surface area contributed by atoms with Crippen molar-refractivity contribution >= 4 is 11.8 Å². The third-order valence-corrected chi connectivity index (χ3v) is 6.45. The van der Waals surface area contributed by atoms with Gasteiger partial charge in [0.15, 0.2) is 0 Å². The van der Waals surface area contributed by atoms with Crippen molar-refractivity contribution in [3.05, 3.63) is 29.8 Å². The lowest BCUT2D eigenvalue weighted by atomic mass is 9.94. The lowest BCUT2D eigenvalue weighted by molar-refractivity contribution is -0.129. The van der Waals surface area contributed by atoms with Crippen molar-refractivity contribution in [2.75, 3.05) is 33.3 Å². The summed E-state index contributed by atoms with van der Waals surface area (Å²) in [5.41, 5.74) is 0.682. The molecule has 1 saturated heterocycles. The van der Waals surface area contributed by atoms with Crippen LogP contribution < -0.4 is 10.1 Å². The minimum Gasteiger partial charge on any atom is -0.497 e. The molecule has 0 radical (unpaired) electrons. The fraction of sp³-hybridized carbons (Fsp3) is 0.652. The summed E-state index contributed by atoms with van der Waals surface area (Å²) < 4.78 is 5.17. The highest BCUT2D eigenvalue weighted by atomic mass is 16.5. The number of hydrogen-bond acceptors (Lipinski definition) is 4. The van der Waals surface area contributed by atoms with Crippen LogP contribution >= 0.6 is 0 Å². The lowest BCUT2D eigenvalue weighted by Gasteiger charge is -2.41. The van der Waals surface area contributed by atoms with E-state index < -0.39 is 0 Å². The molecule has 2 aliphatic rings. The highest BCUT2D eigenvalue weighted by molar-refractivity contribution is 5.94. The number of piperazine rings is 1. The molecule has 1 aromatic rings. The van der Waals surface area contributed by atoms with E-state index in [2.05, 4.69) is 24.1 Å². The molecule has 0 aromatic heterocycles. The molecule has 0 unspecified atom stereocenters. The average molecular weight is 402 g/mol. The van der Waals surface area contributed by atoms with E-state index in [1.165, 1.54) is 12.8 Å². The topological polar surface area (TPSA) is 61.9 Å². The van der Waals surface area contributed by atoms with E-state index in [9.17, 15) is 9.59 Å². The summed E-state index contributed by atoms with van der Waals surface area (Å²) in [4.78, 5) is 30.1. The molecule has 2 fully saturated rings. The molecule has 3 rings (SSSR count). The highest BCUT2D eigenvalue weighted by Gasteiger charge is 2.37. The molecule has 1 aliphatic heterocycles. The number of nitrogens with zero attached hydrogens (tertiary/aromatic N) is 2. The molecule has 0 bridgehead atoms. The molecule has 160 valence electrons. The van der Waals surface area contributed by atoms with E-state index in [4.69, 9.17) is 4.74 Å². The Morgan fingerprint density at radius 2 is 1.72 bits per heavy atom. The highest BCUT2D eigenvalue weighted by Crippen LogP contribution is 2.31.